The molecule has 0 amide bonds. The topological polar surface area (TPSA) is 12.0 Å². The first-order valence-electron chi connectivity index (χ1n) is 6.06. The summed E-state index contributed by atoms with van der Waals surface area (Å²) in [5, 5.41) is 3.72. The van der Waals surface area contributed by atoms with Crippen LogP contribution in [-0.4, -0.2) is 6.04 Å². The van der Waals surface area contributed by atoms with Crippen LogP contribution < -0.4 is 5.32 Å². The fourth-order valence-electron chi connectivity index (χ4n) is 2.95. The second-order valence-corrected chi connectivity index (χ2v) is 7.71. The van der Waals surface area contributed by atoms with Gasteiger partial charge in [0.15, 0.2) is 0 Å². The average molecular weight is 424 g/mol. The lowest BCUT2D eigenvalue weighted by atomic mass is 9.95. The van der Waals surface area contributed by atoms with Gasteiger partial charge in [-0.1, -0.05) is 28.8 Å². The van der Waals surface area contributed by atoms with Crippen molar-refractivity contribution >= 4 is 53.5 Å². The van der Waals surface area contributed by atoms with E-state index in [0.717, 1.165) is 25.3 Å². The lowest BCUT2D eigenvalue weighted by molar-refractivity contribution is 0.439. The molecule has 0 spiro atoms. The van der Waals surface area contributed by atoms with Gasteiger partial charge in [-0.3, -0.25) is 0 Å². The molecule has 2 aliphatic rings. The molecule has 1 aromatic rings. The van der Waals surface area contributed by atoms with Gasteiger partial charge in [0, 0.05) is 19.5 Å². The highest BCUT2D eigenvalue weighted by atomic mass is 79.9. The van der Waals surface area contributed by atoms with Crippen molar-refractivity contribution in [3.8, 4) is 0 Å². The SMILES string of the molecule is Brc1cc(Br)c(NC2CCC[C@H]3C[C@@H]23)c(Br)c1. The molecule has 2 fully saturated rings. The number of anilines is 1. The van der Waals surface area contributed by atoms with Crippen LogP contribution in [0.2, 0.25) is 0 Å². The lowest BCUT2D eigenvalue weighted by Gasteiger charge is -2.25. The van der Waals surface area contributed by atoms with E-state index in [4.69, 9.17) is 0 Å². The lowest BCUT2D eigenvalue weighted by Crippen LogP contribution is -2.25. The third-order valence-electron chi connectivity index (χ3n) is 3.92. The Kier molecular flexibility index (Phi) is 3.57. The molecule has 1 unspecified atom stereocenters. The van der Waals surface area contributed by atoms with Gasteiger partial charge < -0.3 is 5.32 Å². The van der Waals surface area contributed by atoms with E-state index in [1.165, 1.54) is 31.4 Å². The number of fused-ring (bicyclic) bond motifs is 1. The molecular formula is C13H14Br3N. The van der Waals surface area contributed by atoms with Gasteiger partial charge in [0.1, 0.15) is 0 Å². The second kappa shape index (κ2) is 4.86. The number of hydrogen-bond acceptors (Lipinski definition) is 1. The Morgan fingerprint density at radius 3 is 2.47 bits per heavy atom. The Labute approximate surface area is 127 Å². The Balaban J connectivity index is 1.80. The fourth-order valence-corrected chi connectivity index (χ4v) is 5.44. The standard InChI is InChI=1S/C13H14Br3N/c14-8-5-10(15)13(11(16)6-8)17-12-3-1-2-7-4-9(7)12/h5-7,9,12,17H,1-4H2/t7-,9+,12?/m0/s1. The van der Waals surface area contributed by atoms with Crippen molar-refractivity contribution in [2.75, 3.05) is 5.32 Å². The summed E-state index contributed by atoms with van der Waals surface area (Å²) in [6, 6.07) is 4.86. The third kappa shape index (κ3) is 2.59. The minimum atomic E-state index is 0.669. The van der Waals surface area contributed by atoms with Crippen molar-refractivity contribution < 1.29 is 0 Å². The molecule has 4 heteroatoms. The highest BCUT2D eigenvalue weighted by Gasteiger charge is 2.45. The van der Waals surface area contributed by atoms with Crippen LogP contribution in [0, 0.1) is 11.8 Å². The van der Waals surface area contributed by atoms with Crippen molar-refractivity contribution in [1.82, 2.24) is 0 Å². The molecule has 92 valence electrons. The van der Waals surface area contributed by atoms with Crippen LogP contribution in [0.25, 0.3) is 0 Å². The summed E-state index contributed by atoms with van der Waals surface area (Å²) in [4.78, 5) is 0. The predicted molar refractivity (Wildman–Crippen MR) is 82.4 cm³/mol. The molecular weight excluding hydrogens is 410 g/mol. The summed E-state index contributed by atoms with van der Waals surface area (Å²) in [5.41, 5.74) is 1.20. The van der Waals surface area contributed by atoms with E-state index in [9.17, 15) is 0 Å². The summed E-state index contributed by atoms with van der Waals surface area (Å²) >= 11 is 10.8. The van der Waals surface area contributed by atoms with Gasteiger partial charge in [-0.25, -0.2) is 0 Å². The van der Waals surface area contributed by atoms with Crippen LogP contribution >= 0.6 is 47.8 Å². The smallest absolute Gasteiger partial charge is 0.0632 e. The van der Waals surface area contributed by atoms with Gasteiger partial charge in [-0.05, 0) is 68.7 Å². The molecule has 2 aliphatic carbocycles. The fraction of sp³-hybridized carbons (Fsp3) is 0.538. The molecule has 1 aromatic carbocycles. The van der Waals surface area contributed by atoms with Crippen LogP contribution in [0.5, 0.6) is 0 Å². The summed E-state index contributed by atoms with van der Waals surface area (Å²) in [6.45, 7) is 0. The molecule has 1 nitrogen and oxygen atoms in total. The van der Waals surface area contributed by atoms with Crippen LogP contribution in [0.15, 0.2) is 25.6 Å². The zero-order valence-corrected chi connectivity index (χ0v) is 14.1. The van der Waals surface area contributed by atoms with Crippen molar-refractivity contribution in [2.24, 2.45) is 11.8 Å². The number of rotatable bonds is 2. The summed E-state index contributed by atoms with van der Waals surface area (Å²) in [5.74, 6) is 1.93. The van der Waals surface area contributed by atoms with Crippen LogP contribution in [0.3, 0.4) is 0 Å². The summed E-state index contributed by atoms with van der Waals surface area (Å²) < 4.78 is 3.35. The van der Waals surface area contributed by atoms with Gasteiger partial charge in [0.05, 0.1) is 5.69 Å². The molecule has 17 heavy (non-hydrogen) atoms. The summed E-state index contributed by atoms with van der Waals surface area (Å²) in [7, 11) is 0. The van der Waals surface area contributed by atoms with E-state index >= 15 is 0 Å². The van der Waals surface area contributed by atoms with Crippen molar-refractivity contribution in [3.63, 3.8) is 0 Å². The first-order valence-corrected chi connectivity index (χ1v) is 8.44. The predicted octanol–water partition coefficient (Wildman–Crippen LogP) is 5.57. The van der Waals surface area contributed by atoms with E-state index in [2.05, 4.69) is 65.2 Å². The van der Waals surface area contributed by atoms with Crippen molar-refractivity contribution in [2.45, 2.75) is 31.7 Å². The minimum Gasteiger partial charge on any atom is -0.380 e. The first-order chi connectivity index (χ1) is 8.15. The van der Waals surface area contributed by atoms with E-state index in [0.29, 0.717) is 6.04 Å². The largest absolute Gasteiger partial charge is 0.380 e. The van der Waals surface area contributed by atoms with E-state index in [-0.39, 0.29) is 0 Å². The monoisotopic (exact) mass is 421 g/mol. The number of halogens is 3. The maximum Gasteiger partial charge on any atom is 0.0632 e. The van der Waals surface area contributed by atoms with Gasteiger partial charge in [0.2, 0.25) is 0 Å². The Morgan fingerprint density at radius 2 is 1.76 bits per heavy atom. The summed E-state index contributed by atoms with van der Waals surface area (Å²) in [6.07, 6.45) is 5.58. The average Bonchev–Trinajstić information content (AvgIpc) is 3.02. The molecule has 3 rings (SSSR count). The van der Waals surface area contributed by atoms with Gasteiger partial charge in [0.25, 0.3) is 0 Å². The maximum absolute atomic E-state index is 3.72. The molecule has 1 N–H and O–H groups in total. The molecule has 0 saturated heterocycles. The van der Waals surface area contributed by atoms with E-state index in [1.807, 2.05) is 0 Å². The number of nitrogens with one attached hydrogen (secondary N) is 1. The van der Waals surface area contributed by atoms with Gasteiger partial charge in [-0.2, -0.15) is 0 Å². The normalized spacial score (nSPS) is 30.9. The Hall–Kier alpha value is 0.460. The van der Waals surface area contributed by atoms with Crippen molar-refractivity contribution in [3.05, 3.63) is 25.6 Å². The minimum absolute atomic E-state index is 0.669. The quantitative estimate of drug-likeness (QED) is 0.655. The van der Waals surface area contributed by atoms with Crippen molar-refractivity contribution in [1.29, 1.82) is 0 Å². The number of benzene rings is 1. The first kappa shape index (κ1) is 12.5. The van der Waals surface area contributed by atoms with Gasteiger partial charge >= 0.3 is 0 Å². The maximum atomic E-state index is 3.72. The second-order valence-electron chi connectivity index (χ2n) is 5.09. The van der Waals surface area contributed by atoms with Gasteiger partial charge in [-0.15, -0.1) is 0 Å². The van der Waals surface area contributed by atoms with Crippen LogP contribution in [0.4, 0.5) is 5.69 Å². The molecule has 0 heterocycles. The molecule has 3 atom stereocenters. The molecule has 0 radical (unpaired) electrons. The third-order valence-corrected chi connectivity index (χ3v) is 5.63. The van der Waals surface area contributed by atoms with E-state index in [1.54, 1.807) is 0 Å². The highest BCUT2D eigenvalue weighted by Crippen LogP contribution is 2.51. The molecule has 0 bridgehead atoms. The Bertz CT molecular complexity index is 423. The van der Waals surface area contributed by atoms with E-state index < -0.39 is 0 Å². The molecule has 2 saturated carbocycles. The highest BCUT2D eigenvalue weighted by molar-refractivity contribution is 9.11. The molecule has 0 aliphatic heterocycles. The van der Waals surface area contributed by atoms with Crippen LogP contribution in [-0.2, 0) is 0 Å². The van der Waals surface area contributed by atoms with Crippen LogP contribution in [0.1, 0.15) is 25.7 Å². The molecule has 0 aromatic heterocycles. The zero-order chi connectivity index (χ0) is 12.0. The Morgan fingerprint density at radius 1 is 1.06 bits per heavy atom. The zero-order valence-electron chi connectivity index (χ0n) is 9.35. The number of hydrogen-bond donors (Lipinski definition) is 1.